The predicted molar refractivity (Wildman–Crippen MR) is 116 cm³/mol. The molecule has 2 unspecified atom stereocenters. The fourth-order valence-electron chi connectivity index (χ4n) is 5.34. The predicted octanol–water partition coefficient (Wildman–Crippen LogP) is 2.45. The molecule has 0 aromatic heterocycles. The highest BCUT2D eigenvalue weighted by Crippen LogP contribution is 2.53. The van der Waals surface area contributed by atoms with E-state index in [1.165, 1.54) is 5.56 Å². The summed E-state index contributed by atoms with van der Waals surface area (Å²) in [6, 6.07) is 15.7. The van der Waals surface area contributed by atoms with Gasteiger partial charge in [0.25, 0.3) is 0 Å². The number of rotatable bonds is 6. The lowest BCUT2D eigenvalue weighted by Gasteiger charge is -2.23. The van der Waals surface area contributed by atoms with Crippen molar-refractivity contribution >= 4 is 17.5 Å². The number of ether oxygens (including phenoxy) is 3. The third-order valence-corrected chi connectivity index (χ3v) is 6.86. The van der Waals surface area contributed by atoms with Crippen LogP contribution in [-0.4, -0.2) is 43.4 Å². The molecule has 2 bridgehead atoms. The minimum absolute atomic E-state index is 0.0832. The smallest absolute Gasteiger partial charge is 0.234 e. The van der Waals surface area contributed by atoms with Gasteiger partial charge in [0.2, 0.25) is 18.6 Å². The van der Waals surface area contributed by atoms with Crippen molar-refractivity contribution in [3.63, 3.8) is 0 Å². The summed E-state index contributed by atoms with van der Waals surface area (Å²) in [5.41, 5.74) is 1.23. The highest BCUT2D eigenvalue weighted by Gasteiger charge is 2.67. The van der Waals surface area contributed by atoms with Crippen LogP contribution in [0.25, 0.3) is 0 Å². The molecule has 7 nitrogen and oxygen atoms in total. The van der Waals surface area contributed by atoms with Gasteiger partial charge < -0.3 is 24.4 Å². The van der Waals surface area contributed by atoms with Crippen molar-refractivity contribution in [3.05, 3.63) is 66.2 Å². The molecule has 2 saturated heterocycles. The molecular formula is C25H24N2O5. The normalized spacial score (nSPS) is 28.9. The van der Waals surface area contributed by atoms with E-state index in [0.717, 1.165) is 18.5 Å². The van der Waals surface area contributed by atoms with Crippen LogP contribution in [0, 0.1) is 11.8 Å². The molecule has 2 aromatic carbocycles. The Morgan fingerprint density at radius 3 is 2.84 bits per heavy atom. The quantitative estimate of drug-likeness (QED) is 0.561. The molecule has 32 heavy (non-hydrogen) atoms. The zero-order valence-corrected chi connectivity index (χ0v) is 17.5. The van der Waals surface area contributed by atoms with Crippen LogP contribution in [0.4, 0.5) is 5.69 Å². The summed E-state index contributed by atoms with van der Waals surface area (Å²) in [6.45, 7) is 1.14. The molecule has 4 atom stereocenters. The first-order valence-electron chi connectivity index (χ1n) is 11.0. The van der Waals surface area contributed by atoms with Crippen molar-refractivity contribution < 1.29 is 23.8 Å². The van der Waals surface area contributed by atoms with Gasteiger partial charge in [-0.1, -0.05) is 42.5 Å². The summed E-state index contributed by atoms with van der Waals surface area (Å²) in [6.07, 6.45) is 5.29. The molecule has 7 heteroatoms. The highest BCUT2D eigenvalue weighted by molar-refractivity contribution is 6.03. The topological polar surface area (TPSA) is 77.1 Å². The van der Waals surface area contributed by atoms with E-state index in [9.17, 15) is 9.59 Å². The van der Waals surface area contributed by atoms with E-state index in [1.807, 2.05) is 48.6 Å². The molecule has 4 aliphatic rings. The number of anilines is 1. The van der Waals surface area contributed by atoms with Gasteiger partial charge in [0.1, 0.15) is 5.60 Å². The summed E-state index contributed by atoms with van der Waals surface area (Å²) >= 11 is 0. The first-order valence-corrected chi connectivity index (χ1v) is 11.0. The second kappa shape index (κ2) is 7.38. The summed E-state index contributed by atoms with van der Waals surface area (Å²) in [7, 11) is 0. The van der Waals surface area contributed by atoms with Crippen LogP contribution >= 0.6 is 0 Å². The molecule has 0 aliphatic carbocycles. The van der Waals surface area contributed by atoms with Gasteiger partial charge in [-0.15, -0.1) is 0 Å². The van der Waals surface area contributed by atoms with Crippen molar-refractivity contribution in [3.8, 4) is 11.5 Å². The summed E-state index contributed by atoms with van der Waals surface area (Å²) in [5.74, 6) is 0.0718. The lowest BCUT2D eigenvalue weighted by Crippen LogP contribution is -2.44. The molecule has 1 spiro atoms. The van der Waals surface area contributed by atoms with Crippen LogP contribution < -0.4 is 19.7 Å². The van der Waals surface area contributed by atoms with Crippen molar-refractivity contribution in [1.29, 1.82) is 0 Å². The van der Waals surface area contributed by atoms with Crippen molar-refractivity contribution in [2.75, 3.05) is 24.8 Å². The molecule has 2 amide bonds. The van der Waals surface area contributed by atoms with Crippen LogP contribution in [0.1, 0.15) is 12.0 Å². The minimum Gasteiger partial charge on any atom is -0.454 e. The van der Waals surface area contributed by atoms with E-state index in [1.54, 1.807) is 4.90 Å². The van der Waals surface area contributed by atoms with E-state index in [0.29, 0.717) is 24.6 Å². The van der Waals surface area contributed by atoms with Crippen LogP contribution in [-0.2, 0) is 20.7 Å². The fourth-order valence-corrected chi connectivity index (χ4v) is 5.34. The third kappa shape index (κ3) is 2.99. The molecular weight excluding hydrogens is 408 g/mol. The Morgan fingerprint density at radius 2 is 1.97 bits per heavy atom. The van der Waals surface area contributed by atoms with Crippen molar-refractivity contribution in [1.82, 2.24) is 5.32 Å². The average Bonchev–Trinajstić information content (AvgIpc) is 3.57. The highest BCUT2D eigenvalue weighted by atomic mass is 16.7. The Kier molecular flexibility index (Phi) is 4.47. The monoisotopic (exact) mass is 432 g/mol. The van der Waals surface area contributed by atoms with Crippen LogP contribution in [0.3, 0.4) is 0 Å². The third-order valence-electron chi connectivity index (χ3n) is 6.86. The Morgan fingerprint density at radius 1 is 1.12 bits per heavy atom. The number of carbonyl (C=O) groups is 2. The molecule has 4 aliphatic heterocycles. The van der Waals surface area contributed by atoms with Crippen LogP contribution in [0.5, 0.6) is 11.5 Å². The first-order chi connectivity index (χ1) is 15.6. The van der Waals surface area contributed by atoms with Gasteiger partial charge in [-0.3, -0.25) is 9.59 Å². The van der Waals surface area contributed by atoms with E-state index >= 15 is 0 Å². The number of aryl methyl sites for hydroxylation is 1. The number of nitrogens with zero attached hydrogens (tertiary/aromatic N) is 1. The second-order valence-electron chi connectivity index (χ2n) is 8.74. The van der Waals surface area contributed by atoms with E-state index in [2.05, 4.69) is 17.4 Å². The number of benzene rings is 2. The number of hydrogen-bond donors (Lipinski definition) is 1. The lowest BCUT2D eigenvalue weighted by molar-refractivity contribution is -0.131. The van der Waals surface area contributed by atoms with E-state index in [4.69, 9.17) is 14.2 Å². The number of hydrogen-bond acceptors (Lipinski definition) is 5. The maximum Gasteiger partial charge on any atom is 0.234 e. The summed E-state index contributed by atoms with van der Waals surface area (Å²) in [5, 5.41) is 3.04. The van der Waals surface area contributed by atoms with Gasteiger partial charge in [0, 0.05) is 18.3 Å². The average molecular weight is 432 g/mol. The SMILES string of the molecule is O=C(NCCCc1ccccc1)C1C2C(=O)N(c3ccc4c(c3)OCO4)C[C@@]23C=C[C@@H]1O3. The largest absolute Gasteiger partial charge is 0.454 e. The molecule has 0 radical (unpaired) electrons. The zero-order valence-electron chi connectivity index (χ0n) is 17.5. The number of nitrogens with one attached hydrogen (secondary N) is 1. The van der Waals surface area contributed by atoms with Gasteiger partial charge in [-0.05, 0) is 30.5 Å². The lowest BCUT2D eigenvalue weighted by atomic mass is 9.77. The van der Waals surface area contributed by atoms with Crippen molar-refractivity contribution in [2.45, 2.75) is 24.5 Å². The van der Waals surface area contributed by atoms with Gasteiger partial charge in [0.15, 0.2) is 11.5 Å². The number of amides is 2. The maximum atomic E-state index is 13.5. The van der Waals surface area contributed by atoms with E-state index < -0.39 is 17.4 Å². The van der Waals surface area contributed by atoms with Gasteiger partial charge in [-0.25, -0.2) is 0 Å². The van der Waals surface area contributed by atoms with Gasteiger partial charge in [0.05, 0.1) is 24.5 Å². The molecule has 164 valence electrons. The molecule has 2 fully saturated rings. The molecule has 0 saturated carbocycles. The minimum atomic E-state index is -0.746. The Balaban J connectivity index is 1.15. The number of carbonyl (C=O) groups excluding carboxylic acids is 2. The van der Waals surface area contributed by atoms with E-state index in [-0.39, 0.29) is 24.7 Å². The standard InChI is InChI=1S/C25H24N2O5/c28-23(26-12-4-7-16-5-2-1-3-6-16)21-19-10-11-25(32-19)14-27(24(29)22(21)25)17-8-9-18-20(13-17)31-15-30-18/h1-3,5-6,8-11,13,19,21-22H,4,7,12,14-15H2,(H,26,28)/t19-,21?,22?,25-/m0/s1. The Hall–Kier alpha value is -3.32. The van der Waals surface area contributed by atoms with Gasteiger partial charge in [-0.2, -0.15) is 0 Å². The van der Waals surface area contributed by atoms with Crippen LogP contribution in [0.2, 0.25) is 0 Å². The molecule has 1 N–H and O–H groups in total. The molecule has 2 aromatic rings. The molecule has 4 heterocycles. The number of fused-ring (bicyclic) bond motifs is 2. The maximum absolute atomic E-state index is 13.5. The Labute approximate surface area is 185 Å². The second-order valence-corrected chi connectivity index (χ2v) is 8.74. The van der Waals surface area contributed by atoms with Gasteiger partial charge >= 0.3 is 0 Å². The molecule has 6 rings (SSSR count). The summed E-state index contributed by atoms with van der Waals surface area (Å²) in [4.78, 5) is 28.3. The fraction of sp³-hybridized carbons (Fsp3) is 0.360. The first kappa shape index (κ1) is 19.4. The van der Waals surface area contributed by atoms with Crippen molar-refractivity contribution in [2.24, 2.45) is 11.8 Å². The zero-order chi connectivity index (χ0) is 21.7. The Bertz CT molecular complexity index is 1100. The van der Waals surface area contributed by atoms with Crippen LogP contribution in [0.15, 0.2) is 60.7 Å². The summed E-state index contributed by atoms with van der Waals surface area (Å²) < 4.78 is 17.1.